The van der Waals surface area contributed by atoms with Gasteiger partial charge in [-0.25, -0.2) is 0 Å². The number of hydrogen-bond donors (Lipinski definition) is 1. The van der Waals surface area contributed by atoms with Crippen molar-refractivity contribution in [2.24, 2.45) is 17.6 Å². The second-order valence-electron chi connectivity index (χ2n) is 6.16. The molecule has 2 N–H and O–H groups in total. The third-order valence-corrected chi connectivity index (χ3v) is 4.33. The highest BCUT2D eigenvalue weighted by atomic mass is 16.5. The van der Waals surface area contributed by atoms with E-state index in [0.717, 1.165) is 24.8 Å². The highest BCUT2D eigenvalue weighted by Crippen LogP contribution is 2.28. The summed E-state index contributed by atoms with van der Waals surface area (Å²) >= 11 is 0. The third kappa shape index (κ3) is 4.24. The Kier molecular flexibility index (Phi) is 5.26. The molecule has 0 radical (unpaired) electrons. The SMILES string of the molecule is CC(C)c1ccc(OCC2CCC(CN)CC2)cc1. The second kappa shape index (κ2) is 6.95. The van der Waals surface area contributed by atoms with Gasteiger partial charge in [0, 0.05) is 0 Å². The van der Waals surface area contributed by atoms with Crippen LogP contribution >= 0.6 is 0 Å². The molecule has 2 nitrogen and oxygen atoms in total. The van der Waals surface area contributed by atoms with E-state index in [0.29, 0.717) is 11.8 Å². The van der Waals surface area contributed by atoms with Gasteiger partial charge < -0.3 is 10.5 Å². The van der Waals surface area contributed by atoms with E-state index in [4.69, 9.17) is 10.5 Å². The van der Waals surface area contributed by atoms with Gasteiger partial charge in [0.05, 0.1) is 6.61 Å². The van der Waals surface area contributed by atoms with Gasteiger partial charge in [-0.3, -0.25) is 0 Å². The summed E-state index contributed by atoms with van der Waals surface area (Å²) in [6.45, 7) is 6.14. The molecule has 0 aliphatic heterocycles. The molecule has 1 aromatic rings. The van der Waals surface area contributed by atoms with E-state index in [1.54, 1.807) is 0 Å². The molecule has 1 aliphatic carbocycles. The van der Waals surface area contributed by atoms with Crippen LogP contribution in [0.4, 0.5) is 0 Å². The quantitative estimate of drug-likeness (QED) is 0.871. The first-order chi connectivity index (χ1) is 9.19. The van der Waals surface area contributed by atoms with Gasteiger partial charge in [-0.05, 0) is 67.7 Å². The van der Waals surface area contributed by atoms with Crippen LogP contribution in [-0.2, 0) is 0 Å². The Morgan fingerprint density at radius 3 is 2.16 bits per heavy atom. The van der Waals surface area contributed by atoms with E-state index in [-0.39, 0.29) is 0 Å². The van der Waals surface area contributed by atoms with Crippen molar-refractivity contribution in [1.82, 2.24) is 0 Å². The summed E-state index contributed by atoms with van der Waals surface area (Å²) in [5.41, 5.74) is 7.09. The Bertz CT molecular complexity index is 363. The largest absolute Gasteiger partial charge is 0.493 e. The molecule has 2 heteroatoms. The van der Waals surface area contributed by atoms with Gasteiger partial charge in [0.25, 0.3) is 0 Å². The average Bonchev–Trinajstić information content (AvgIpc) is 2.46. The number of nitrogens with two attached hydrogens (primary N) is 1. The van der Waals surface area contributed by atoms with Crippen LogP contribution in [0.25, 0.3) is 0 Å². The minimum atomic E-state index is 0.584. The van der Waals surface area contributed by atoms with Crippen LogP contribution in [0.15, 0.2) is 24.3 Å². The molecular formula is C17H27NO. The lowest BCUT2D eigenvalue weighted by Gasteiger charge is -2.27. The number of ether oxygens (including phenoxy) is 1. The summed E-state index contributed by atoms with van der Waals surface area (Å²) in [7, 11) is 0. The smallest absolute Gasteiger partial charge is 0.119 e. The first-order valence-corrected chi connectivity index (χ1v) is 7.62. The van der Waals surface area contributed by atoms with E-state index in [9.17, 15) is 0 Å². The van der Waals surface area contributed by atoms with Crippen molar-refractivity contribution in [3.05, 3.63) is 29.8 Å². The molecule has 0 atom stereocenters. The molecular weight excluding hydrogens is 234 g/mol. The Labute approximate surface area is 117 Å². The predicted molar refractivity (Wildman–Crippen MR) is 80.5 cm³/mol. The zero-order valence-corrected chi connectivity index (χ0v) is 12.3. The molecule has 19 heavy (non-hydrogen) atoms. The van der Waals surface area contributed by atoms with Gasteiger partial charge in [0.15, 0.2) is 0 Å². The van der Waals surface area contributed by atoms with Crippen LogP contribution in [0.2, 0.25) is 0 Å². The van der Waals surface area contributed by atoms with E-state index in [1.807, 2.05) is 0 Å². The molecule has 0 spiro atoms. The normalized spacial score (nSPS) is 23.6. The fourth-order valence-electron chi connectivity index (χ4n) is 2.80. The number of hydrogen-bond acceptors (Lipinski definition) is 2. The van der Waals surface area contributed by atoms with Crippen LogP contribution in [0.5, 0.6) is 5.75 Å². The lowest BCUT2D eigenvalue weighted by atomic mass is 9.82. The van der Waals surface area contributed by atoms with Gasteiger partial charge in [-0.1, -0.05) is 26.0 Å². The maximum absolute atomic E-state index is 5.92. The summed E-state index contributed by atoms with van der Waals surface area (Å²) in [5, 5.41) is 0. The van der Waals surface area contributed by atoms with Crippen LogP contribution in [0.3, 0.4) is 0 Å². The minimum Gasteiger partial charge on any atom is -0.493 e. The van der Waals surface area contributed by atoms with Crippen molar-refractivity contribution in [3.8, 4) is 5.75 Å². The van der Waals surface area contributed by atoms with Gasteiger partial charge in [0.1, 0.15) is 5.75 Å². The van der Waals surface area contributed by atoms with E-state index < -0.39 is 0 Å². The Morgan fingerprint density at radius 1 is 1.05 bits per heavy atom. The predicted octanol–water partition coefficient (Wildman–Crippen LogP) is 3.95. The fraction of sp³-hybridized carbons (Fsp3) is 0.647. The lowest BCUT2D eigenvalue weighted by Crippen LogP contribution is -2.24. The van der Waals surface area contributed by atoms with Gasteiger partial charge in [-0.15, -0.1) is 0 Å². The zero-order chi connectivity index (χ0) is 13.7. The van der Waals surface area contributed by atoms with Crippen molar-refractivity contribution in [2.45, 2.75) is 45.4 Å². The fourth-order valence-corrected chi connectivity index (χ4v) is 2.80. The maximum atomic E-state index is 5.92. The first-order valence-electron chi connectivity index (χ1n) is 7.62. The van der Waals surface area contributed by atoms with E-state index >= 15 is 0 Å². The molecule has 0 saturated heterocycles. The number of benzene rings is 1. The van der Waals surface area contributed by atoms with Gasteiger partial charge >= 0.3 is 0 Å². The van der Waals surface area contributed by atoms with Crippen molar-refractivity contribution in [3.63, 3.8) is 0 Å². The molecule has 106 valence electrons. The maximum Gasteiger partial charge on any atom is 0.119 e. The Morgan fingerprint density at radius 2 is 1.63 bits per heavy atom. The summed E-state index contributed by atoms with van der Waals surface area (Å²) in [6, 6.07) is 8.54. The highest BCUT2D eigenvalue weighted by Gasteiger charge is 2.20. The van der Waals surface area contributed by atoms with Crippen LogP contribution in [-0.4, -0.2) is 13.2 Å². The lowest BCUT2D eigenvalue weighted by molar-refractivity contribution is 0.185. The summed E-state index contributed by atoms with van der Waals surface area (Å²) in [6.07, 6.45) is 5.09. The topological polar surface area (TPSA) is 35.2 Å². The van der Waals surface area contributed by atoms with Gasteiger partial charge in [0.2, 0.25) is 0 Å². The van der Waals surface area contributed by atoms with Crippen molar-refractivity contribution >= 4 is 0 Å². The van der Waals surface area contributed by atoms with Crippen LogP contribution in [0, 0.1) is 11.8 Å². The molecule has 0 bridgehead atoms. The molecule has 1 aliphatic rings. The van der Waals surface area contributed by atoms with E-state index in [1.165, 1.54) is 31.2 Å². The highest BCUT2D eigenvalue weighted by molar-refractivity contribution is 5.28. The molecule has 2 rings (SSSR count). The van der Waals surface area contributed by atoms with Crippen LogP contribution in [0.1, 0.15) is 51.0 Å². The molecule has 1 saturated carbocycles. The van der Waals surface area contributed by atoms with Gasteiger partial charge in [-0.2, -0.15) is 0 Å². The van der Waals surface area contributed by atoms with Crippen molar-refractivity contribution < 1.29 is 4.74 Å². The minimum absolute atomic E-state index is 0.584. The Balaban J connectivity index is 1.76. The van der Waals surface area contributed by atoms with Crippen LogP contribution < -0.4 is 10.5 Å². The Hall–Kier alpha value is -1.02. The first kappa shape index (κ1) is 14.4. The molecule has 0 amide bonds. The van der Waals surface area contributed by atoms with E-state index in [2.05, 4.69) is 38.1 Å². The van der Waals surface area contributed by atoms with Crippen molar-refractivity contribution in [1.29, 1.82) is 0 Å². The molecule has 1 fully saturated rings. The second-order valence-corrected chi connectivity index (χ2v) is 6.16. The summed E-state index contributed by atoms with van der Waals surface area (Å²) in [5.74, 6) is 3.06. The molecule has 0 aromatic heterocycles. The third-order valence-electron chi connectivity index (χ3n) is 4.33. The molecule has 0 heterocycles. The zero-order valence-electron chi connectivity index (χ0n) is 12.3. The monoisotopic (exact) mass is 261 g/mol. The average molecular weight is 261 g/mol. The van der Waals surface area contributed by atoms with Crippen molar-refractivity contribution in [2.75, 3.05) is 13.2 Å². The number of rotatable bonds is 5. The summed E-state index contributed by atoms with van der Waals surface area (Å²) in [4.78, 5) is 0. The summed E-state index contributed by atoms with van der Waals surface area (Å²) < 4.78 is 5.92. The standard InChI is InChI=1S/C17H27NO/c1-13(2)16-7-9-17(10-8-16)19-12-15-5-3-14(11-18)4-6-15/h7-10,13-15H,3-6,11-12,18H2,1-2H3. The molecule has 1 aromatic carbocycles. The molecule has 0 unspecified atom stereocenters.